The standard InChI is InChI=1S/C19H21ClN2O6S/c1-4-28-19(24)12-5-7-14(8-6-12)22-17(23)11-21-15-9-13(20)10-16(18(15)27-2)29(3,25)26/h5-10,21H,4,11H2,1-3H3,(H,22,23). The molecule has 0 saturated heterocycles. The molecule has 0 aliphatic carbocycles. The van der Waals surface area contributed by atoms with Crippen molar-refractivity contribution in [2.45, 2.75) is 11.8 Å². The minimum absolute atomic E-state index is 0.0727. The summed E-state index contributed by atoms with van der Waals surface area (Å²) in [5.74, 6) is -0.762. The highest BCUT2D eigenvalue weighted by Gasteiger charge is 2.19. The fraction of sp³-hybridized carbons (Fsp3) is 0.263. The lowest BCUT2D eigenvalue weighted by Crippen LogP contribution is -2.22. The highest BCUT2D eigenvalue weighted by molar-refractivity contribution is 7.90. The van der Waals surface area contributed by atoms with Gasteiger partial charge in [0.2, 0.25) is 5.91 Å². The predicted molar refractivity (Wildman–Crippen MR) is 111 cm³/mol. The summed E-state index contributed by atoms with van der Waals surface area (Å²) in [6, 6.07) is 8.99. The number of carbonyl (C=O) groups is 2. The summed E-state index contributed by atoms with van der Waals surface area (Å²) >= 11 is 5.99. The maximum atomic E-state index is 12.2. The Hall–Kier alpha value is -2.78. The van der Waals surface area contributed by atoms with Crippen LogP contribution in [0.5, 0.6) is 5.75 Å². The SMILES string of the molecule is CCOC(=O)c1ccc(NC(=O)CNc2cc(Cl)cc(S(C)(=O)=O)c2OC)cc1. The molecule has 0 fully saturated rings. The molecule has 0 saturated carbocycles. The summed E-state index contributed by atoms with van der Waals surface area (Å²) in [5.41, 5.74) is 1.13. The Balaban J connectivity index is 2.08. The van der Waals surface area contributed by atoms with Gasteiger partial charge in [-0.2, -0.15) is 0 Å². The van der Waals surface area contributed by atoms with Gasteiger partial charge in [-0.15, -0.1) is 0 Å². The van der Waals surface area contributed by atoms with E-state index in [4.69, 9.17) is 21.1 Å². The molecule has 2 aromatic carbocycles. The van der Waals surface area contributed by atoms with Crippen LogP contribution in [0, 0.1) is 0 Å². The second-order valence-corrected chi connectivity index (χ2v) is 8.38. The van der Waals surface area contributed by atoms with Crippen LogP contribution in [-0.4, -0.2) is 46.8 Å². The topological polar surface area (TPSA) is 111 Å². The Morgan fingerprint density at radius 1 is 1.14 bits per heavy atom. The van der Waals surface area contributed by atoms with Crippen molar-refractivity contribution in [1.82, 2.24) is 0 Å². The number of hydrogen-bond acceptors (Lipinski definition) is 7. The number of rotatable bonds is 8. The number of benzene rings is 2. The van der Waals surface area contributed by atoms with Crippen molar-refractivity contribution in [2.75, 3.05) is 37.2 Å². The number of anilines is 2. The second kappa shape index (κ2) is 9.62. The van der Waals surface area contributed by atoms with Crippen molar-refractivity contribution >= 4 is 44.7 Å². The van der Waals surface area contributed by atoms with E-state index < -0.39 is 21.7 Å². The Bertz CT molecular complexity index is 1010. The van der Waals surface area contributed by atoms with Crippen LogP contribution in [0.15, 0.2) is 41.3 Å². The average Bonchev–Trinajstić information content (AvgIpc) is 2.66. The largest absolute Gasteiger partial charge is 0.493 e. The molecule has 0 unspecified atom stereocenters. The van der Waals surface area contributed by atoms with E-state index in [1.165, 1.54) is 19.2 Å². The highest BCUT2D eigenvalue weighted by atomic mass is 35.5. The normalized spacial score (nSPS) is 10.9. The van der Waals surface area contributed by atoms with Gasteiger partial charge in [0.25, 0.3) is 0 Å². The van der Waals surface area contributed by atoms with Crippen LogP contribution < -0.4 is 15.4 Å². The van der Waals surface area contributed by atoms with Crippen LogP contribution in [-0.2, 0) is 19.4 Å². The molecule has 0 aliphatic heterocycles. The van der Waals surface area contributed by atoms with Gasteiger partial charge in [-0.25, -0.2) is 13.2 Å². The molecule has 0 atom stereocenters. The molecule has 0 heterocycles. The number of ether oxygens (including phenoxy) is 2. The van der Waals surface area contributed by atoms with E-state index in [2.05, 4.69) is 10.6 Å². The highest BCUT2D eigenvalue weighted by Crippen LogP contribution is 2.35. The monoisotopic (exact) mass is 440 g/mol. The van der Waals surface area contributed by atoms with Crippen molar-refractivity contribution in [3.8, 4) is 5.75 Å². The van der Waals surface area contributed by atoms with Crippen LogP contribution >= 0.6 is 11.6 Å². The van der Waals surface area contributed by atoms with Crippen molar-refractivity contribution in [3.05, 3.63) is 47.0 Å². The van der Waals surface area contributed by atoms with Gasteiger partial charge < -0.3 is 20.1 Å². The fourth-order valence-corrected chi connectivity index (χ4v) is 3.62. The van der Waals surface area contributed by atoms with E-state index in [1.54, 1.807) is 31.2 Å². The van der Waals surface area contributed by atoms with Crippen molar-refractivity contribution in [1.29, 1.82) is 0 Å². The van der Waals surface area contributed by atoms with Crippen LogP contribution in [0.3, 0.4) is 0 Å². The lowest BCUT2D eigenvalue weighted by molar-refractivity contribution is -0.114. The van der Waals surface area contributed by atoms with E-state index >= 15 is 0 Å². The molecule has 1 amide bonds. The molecule has 0 aliphatic rings. The summed E-state index contributed by atoms with van der Waals surface area (Å²) < 4.78 is 34.0. The van der Waals surface area contributed by atoms with E-state index in [9.17, 15) is 18.0 Å². The number of nitrogens with one attached hydrogen (secondary N) is 2. The quantitative estimate of drug-likeness (QED) is 0.607. The van der Waals surface area contributed by atoms with Gasteiger partial charge in [0.15, 0.2) is 15.6 Å². The third kappa shape index (κ3) is 6.10. The molecule has 0 aromatic heterocycles. The molecule has 0 bridgehead atoms. The van der Waals surface area contributed by atoms with Crippen LogP contribution in [0.1, 0.15) is 17.3 Å². The van der Waals surface area contributed by atoms with E-state index in [0.29, 0.717) is 11.3 Å². The van der Waals surface area contributed by atoms with Gasteiger partial charge in [0.1, 0.15) is 4.90 Å². The second-order valence-electron chi connectivity index (χ2n) is 5.96. The first-order valence-corrected chi connectivity index (χ1v) is 10.8. The summed E-state index contributed by atoms with van der Waals surface area (Å²) in [7, 11) is -2.25. The number of methoxy groups -OCH3 is 1. The molecule has 0 spiro atoms. The number of carbonyl (C=O) groups excluding carboxylic acids is 2. The number of halogens is 1. The van der Waals surface area contributed by atoms with Gasteiger partial charge in [-0.3, -0.25) is 4.79 Å². The van der Waals surface area contributed by atoms with Gasteiger partial charge in [-0.05, 0) is 43.3 Å². The number of hydrogen-bond donors (Lipinski definition) is 2. The Labute approximate surface area is 174 Å². The molecular formula is C19H21ClN2O6S. The van der Waals surface area contributed by atoms with Gasteiger partial charge in [-0.1, -0.05) is 11.6 Å². The van der Waals surface area contributed by atoms with E-state index in [1.807, 2.05) is 0 Å². The molecule has 10 heteroatoms. The summed E-state index contributed by atoms with van der Waals surface area (Å²) in [5, 5.41) is 5.67. The Morgan fingerprint density at radius 3 is 2.34 bits per heavy atom. The lowest BCUT2D eigenvalue weighted by Gasteiger charge is -2.15. The first-order chi connectivity index (χ1) is 13.7. The minimum Gasteiger partial charge on any atom is -0.493 e. The minimum atomic E-state index is -3.58. The van der Waals surface area contributed by atoms with Gasteiger partial charge in [0, 0.05) is 17.0 Å². The van der Waals surface area contributed by atoms with Gasteiger partial charge in [0.05, 0.1) is 31.5 Å². The third-order valence-corrected chi connectivity index (χ3v) is 5.06. The number of sulfone groups is 1. The summed E-state index contributed by atoms with van der Waals surface area (Å²) in [6.07, 6.45) is 1.04. The van der Waals surface area contributed by atoms with Crippen molar-refractivity contribution in [3.63, 3.8) is 0 Å². The summed E-state index contributed by atoms with van der Waals surface area (Å²) in [6.45, 7) is 1.82. The molecule has 156 valence electrons. The molecule has 2 N–H and O–H groups in total. The molecule has 29 heavy (non-hydrogen) atoms. The summed E-state index contributed by atoms with van der Waals surface area (Å²) in [4.78, 5) is 23.8. The van der Waals surface area contributed by atoms with Crippen molar-refractivity contribution in [2.24, 2.45) is 0 Å². The fourth-order valence-electron chi connectivity index (χ4n) is 2.47. The zero-order chi connectivity index (χ0) is 21.6. The molecular weight excluding hydrogens is 420 g/mol. The third-order valence-electron chi connectivity index (χ3n) is 3.74. The molecule has 0 radical (unpaired) electrons. The maximum Gasteiger partial charge on any atom is 0.338 e. The van der Waals surface area contributed by atoms with Crippen LogP contribution in [0.2, 0.25) is 5.02 Å². The van der Waals surface area contributed by atoms with Crippen molar-refractivity contribution < 1.29 is 27.5 Å². The zero-order valence-corrected chi connectivity index (χ0v) is 17.7. The lowest BCUT2D eigenvalue weighted by atomic mass is 10.2. The molecule has 2 rings (SSSR count). The maximum absolute atomic E-state index is 12.2. The Morgan fingerprint density at radius 2 is 1.79 bits per heavy atom. The Kier molecular flexibility index (Phi) is 7.46. The number of esters is 1. The van der Waals surface area contributed by atoms with Crippen LogP contribution in [0.4, 0.5) is 11.4 Å². The molecule has 2 aromatic rings. The smallest absolute Gasteiger partial charge is 0.338 e. The first-order valence-electron chi connectivity index (χ1n) is 8.54. The zero-order valence-electron chi connectivity index (χ0n) is 16.1. The molecule has 8 nitrogen and oxygen atoms in total. The van der Waals surface area contributed by atoms with Gasteiger partial charge >= 0.3 is 5.97 Å². The van der Waals surface area contributed by atoms with Crippen LogP contribution in [0.25, 0.3) is 0 Å². The predicted octanol–water partition coefficient (Wildman–Crippen LogP) is 2.98. The average molecular weight is 441 g/mol. The number of amides is 1. The van der Waals surface area contributed by atoms with E-state index in [-0.39, 0.29) is 34.5 Å². The van der Waals surface area contributed by atoms with E-state index in [0.717, 1.165) is 6.26 Å². The first kappa shape index (κ1) is 22.5.